The van der Waals surface area contributed by atoms with Crippen LogP contribution in [-0.4, -0.2) is 26.4 Å². The summed E-state index contributed by atoms with van der Waals surface area (Å²) >= 11 is 0. The number of carbonyl (C=O) groups is 1. The lowest BCUT2D eigenvalue weighted by molar-refractivity contribution is -0.117. The molecule has 1 aromatic heterocycles. The Bertz CT molecular complexity index is 1180. The molecule has 0 aliphatic carbocycles. The molecule has 0 saturated heterocycles. The van der Waals surface area contributed by atoms with Gasteiger partial charge in [-0.2, -0.15) is 0 Å². The molecule has 2 heterocycles. The standard InChI is InChI=1S/C16H13N3O5S/c1-19-13-5-3-11(6-9(13)7-15(19)20)25(22,23)18-10-2-4-12-14(8-10)24-16(21)17-12/h2-6,8,18H,7H2,1H3,(H,17,21). The Kier molecular flexibility index (Phi) is 3.22. The summed E-state index contributed by atoms with van der Waals surface area (Å²) in [6.45, 7) is 0. The van der Waals surface area contributed by atoms with Gasteiger partial charge in [-0.15, -0.1) is 0 Å². The lowest BCUT2D eigenvalue weighted by Gasteiger charge is -2.12. The number of aromatic amines is 1. The molecule has 3 aromatic rings. The first kappa shape index (κ1) is 15.5. The van der Waals surface area contributed by atoms with Crippen molar-refractivity contribution in [1.29, 1.82) is 0 Å². The topological polar surface area (TPSA) is 112 Å². The molecule has 9 heteroatoms. The van der Waals surface area contributed by atoms with Crippen LogP contribution in [0.2, 0.25) is 0 Å². The molecule has 0 radical (unpaired) electrons. The van der Waals surface area contributed by atoms with Crippen LogP contribution in [0.15, 0.2) is 50.5 Å². The summed E-state index contributed by atoms with van der Waals surface area (Å²) in [5.41, 5.74) is 2.38. The van der Waals surface area contributed by atoms with E-state index >= 15 is 0 Å². The number of sulfonamides is 1. The van der Waals surface area contributed by atoms with Crippen molar-refractivity contribution in [1.82, 2.24) is 4.98 Å². The van der Waals surface area contributed by atoms with Gasteiger partial charge in [0, 0.05) is 18.8 Å². The molecule has 0 fully saturated rings. The molecule has 1 aliphatic rings. The third-order valence-corrected chi connectivity index (χ3v) is 5.49. The second-order valence-electron chi connectivity index (χ2n) is 5.75. The van der Waals surface area contributed by atoms with Gasteiger partial charge in [0.1, 0.15) is 0 Å². The highest BCUT2D eigenvalue weighted by Gasteiger charge is 2.26. The van der Waals surface area contributed by atoms with Crippen molar-refractivity contribution in [2.24, 2.45) is 0 Å². The monoisotopic (exact) mass is 359 g/mol. The molecule has 1 amide bonds. The van der Waals surface area contributed by atoms with E-state index < -0.39 is 15.8 Å². The molecule has 1 aliphatic heterocycles. The van der Waals surface area contributed by atoms with E-state index in [0.717, 1.165) is 0 Å². The number of rotatable bonds is 3. The predicted molar refractivity (Wildman–Crippen MR) is 91.2 cm³/mol. The fourth-order valence-corrected chi connectivity index (χ4v) is 3.94. The minimum Gasteiger partial charge on any atom is -0.408 e. The number of benzene rings is 2. The van der Waals surface area contributed by atoms with Gasteiger partial charge in [0.2, 0.25) is 5.91 Å². The van der Waals surface area contributed by atoms with Crippen LogP contribution in [0.5, 0.6) is 0 Å². The van der Waals surface area contributed by atoms with E-state index in [1.165, 1.54) is 29.2 Å². The minimum absolute atomic E-state index is 0.0602. The number of nitrogens with one attached hydrogen (secondary N) is 2. The van der Waals surface area contributed by atoms with Crippen molar-refractivity contribution in [3.05, 3.63) is 52.5 Å². The average molecular weight is 359 g/mol. The van der Waals surface area contributed by atoms with Crippen molar-refractivity contribution in [3.8, 4) is 0 Å². The molecule has 25 heavy (non-hydrogen) atoms. The van der Waals surface area contributed by atoms with Crippen LogP contribution in [0.3, 0.4) is 0 Å². The largest absolute Gasteiger partial charge is 0.417 e. The third-order valence-electron chi connectivity index (χ3n) is 4.11. The summed E-state index contributed by atoms with van der Waals surface area (Å²) in [5.74, 6) is -0.687. The Hall–Kier alpha value is -3.07. The highest BCUT2D eigenvalue weighted by atomic mass is 32.2. The Morgan fingerprint density at radius 1 is 1.16 bits per heavy atom. The van der Waals surface area contributed by atoms with Gasteiger partial charge in [-0.3, -0.25) is 14.5 Å². The summed E-state index contributed by atoms with van der Waals surface area (Å²) < 4.78 is 32.6. The fourth-order valence-electron chi connectivity index (χ4n) is 2.84. The number of hydrogen-bond donors (Lipinski definition) is 2. The van der Waals surface area contributed by atoms with Crippen molar-refractivity contribution in [2.75, 3.05) is 16.7 Å². The summed E-state index contributed by atoms with van der Waals surface area (Å²) in [6.07, 6.45) is 0.176. The molecule has 2 aromatic carbocycles. The number of aromatic nitrogens is 1. The Morgan fingerprint density at radius 2 is 1.96 bits per heavy atom. The smallest absolute Gasteiger partial charge is 0.408 e. The second kappa shape index (κ2) is 5.21. The highest BCUT2D eigenvalue weighted by molar-refractivity contribution is 7.92. The zero-order valence-corrected chi connectivity index (χ0v) is 13.9. The SMILES string of the molecule is CN1C(=O)Cc2cc(S(=O)(=O)Nc3ccc4[nH]c(=O)oc4c3)ccc21. The summed E-state index contributed by atoms with van der Waals surface area (Å²) in [7, 11) is -2.19. The van der Waals surface area contributed by atoms with Crippen LogP contribution >= 0.6 is 0 Å². The summed E-state index contributed by atoms with van der Waals surface area (Å²) in [4.78, 5) is 26.9. The number of nitrogens with zero attached hydrogens (tertiary/aromatic N) is 1. The Balaban J connectivity index is 1.68. The molecule has 2 N–H and O–H groups in total. The molecule has 8 nitrogen and oxygen atoms in total. The van der Waals surface area contributed by atoms with E-state index in [2.05, 4.69) is 9.71 Å². The summed E-state index contributed by atoms with van der Waals surface area (Å²) in [6, 6.07) is 9.06. The lowest BCUT2D eigenvalue weighted by Crippen LogP contribution is -2.20. The van der Waals surface area contributed by atoms with Crippen LogP contribution in [0.4, 0.5) is 11.4 Å². The number of hydrogen-bond acceptors (Lipinski definition) is 5. The molecular weight excluding hydrogens is 346 g/mol. The van der Waals surface area contributed by atoms with Gasteiger partial charge in [-0.1, -0.05) is 0 Å². The van der Waals surface area contributed by atoms with Crippen LogP contribution < -0.4 is 15.4 Å². The molecule has 128 valence electrons. The lowest BCUT2D eigenvalue weighted by atomic mass is 10.2. The van der Waals surface area contributed by atoms with Crippen molar-refractivity contribution >= 4 is 38.4 Å². The van der Waals surface area contributed by atoms with E-state index in [1.54, 1.807) is 19.2 Å². The van der Waals surface area contributed by atoms with E-state index in [4.69, 9.17) is 4.42 Å². The number of oxazole rings is 1. The Morgan fingerprint density at radius 3 is 2.76 bits per heavy atom. The molecule has 0 unspecified atom stereocenters. The average Bonchev–Trinajstić information content (AvgIpc) is 3.05. The first-order valence-corrected chi connectivity index (χ1v) is 8.87. The van der Waals surface area contributed by atoms with E-state index in [1.807, 2.05) is 0 Å². The fraction of sp³-hybridized carbons (Fsp3) is 0.125. The first-order valence-electron chi connectivity index (χ1n) is 7.39. The van der Waals surface area contributed by atoms with Gasteiger partial charge >= 0.3 is 5.76 Å². The number of carbonyl (C=O) groups excluding carboxylic acids is 1. The van der Waals surface area contributed by atoms with Crippen molar-refractivity contribution < 1.29 is 17.6 Å². The second-order valence-corrected chi connectivity index (χ2v) is 7.43. The van der Waals surface area contributed by atoms with Crippen LogP contribution in [0.25, 0.3) is 11.1 Å². The van der Waals surface area contributed by atoms with Gasteiger partial charge < -0.3 is 9.32 Å². The molecular formula is C16H13N3O5S. The maximum absolute atomic E-state index is 12.6. The van der Waals surface area contributed by atoms with Crippen LogP contribution in [0, 0.1) is 0 Å². The minimum atomic E-state index is -3.84. The van der Waals surface area contributed by atoms with Gasteiger partial charge in [-0.25, -0.2) is 13.2 Å². The normalized spacial score (nSPS) is 14.1. The number of amides is 1. The molecule has 0 atom stereocenters. The van der Waals surface area contributed by atoms with Gasteiger partial charge in [0.05, 0.1) is 22.5 Å². The Labute approximate surface area is 142 Å². The number of fused-ring (bicyclic) bond motifs is 2. The maximum atomic E-state index is 12.6. The number of H-pyrrole nitrogens is 1. The van der Waals surface area contributed by atoms with Crippen LogP contribution in [0.1, 0.15) is 5.56 Å². The highest BCUT2D eigenvalue weighted by Crippen LogP contribution is 2.30. The molecule has 4 rings (SSSR count). The molecule has 0 bridgehead atoms. The zero-order chi connectivity index (χ0) is 17.8. The van der Waals surface area contributed by atoms with Crippen LogP contribution in [-0.2, 0) is 21.2 Å². The first-order chi connectivity index (χ1) is 11.8. The van der Waals surface area contributed by atoms with Crippen molar-refractivity contribution in [2.45, 2.75) is 11.3 Å². The third kappa shape index (κ3) is 2.58. The number of likely N-dealkylation sites (N-methyl/N-ethyl adjacent to an activating group) is 1. The maximum Gasteiger partial charge on any atom is 0.417 e. The van der Waals surface area contributed by atoms with Gasteiger partial charge in [-0.05, 0) is 35.9 Å². The van der Waals surface area contributed by atoms with E-state index in [0.29, 0.717) is 16.8 Å². The summed E-state index contributed by atoms with van der Waals surface area (Å²) in [5, 5.41) is 0. The van der Waals surface area contributed by atoms with E-state index in [-0.39, 0.29) is 28.5 Å². The molecule has 0 spiro atoms. The molecule has 0 saturated carbocycles. The van der Waals surface area contributed by atoms with Crippen molar-refractivity contribution in [3.63, 3.8) is 0 Å². The van der Waals surface area contributed by atoms with Gasteiger partial charge in [0.15, 0.2) is 5.58 Å². The zero-order valence-electron chi connectivity index (χ0n) is 13.1. The quantitative estimate of drug-likeness (QED) is 0.735. The van der Waals surface area contributed by atoms with E-state index in [9.17, 15) is 18.0 Å². The van der Waals surface area contributed by atoms with Gasteiger partial charge in [0.25, 0.3) is 10.0 Å². The predicted octanol–water partition coefficient (Wildman–Crippen LogP) is 1.44. The number of anilines is 2.